The fourth-order valence-corrected chi connectivity index (χ4v) is 2.08. The Balaban J connectivity index is 2.04. The molecule has 0 aliphatic rings. The molecule has 4 heteroatoms. The molecule has 0 bridgehead atoms. The summed E-state index contributed by atoms with van der Waals surface area (Å²) in [6.45, 7) is 2.79. The average Bonchev–Trinajstić information content (AvgIpc) is 2.82. The summed E-state index contributed by atoms with van der Waals surface area (Å²) in [5, 5.41) is 4.79. The summed E-state index contributed by atoms with van der Waals surface area (Å²) in [5.74, 6) is 0. The minimum absolute atomic E-state index is 0.135. The zero-order valence-electron chi connectivity index (χ0n) is 9.41. The Morgan fingerprint density at radius 2 is 2.12 bits per heavy atom. The first-order valence-corrected chi connectivity index (χ1v) is 6.12. The van der Waals surface area contributed by atoms with E-state index in [0.717, 1.165) is 22.7 Å². The average molecular weight is 270 g/mol. The zero-order valence-corrected chi connectivity index (χ0v) is 10.9. The van der Waals surface area contributed by atoms with Gasteiger partial charge in [-0.15, -0.1) is 0 Å². The van der Waals surface area contributed by atoms with Crippen LogP contribution >= 0.6 is 23.2 Å². The lowest BCUT2D eigenvalue weighted by Crippen LogP contribution is -2.18. The highest BCUT2D eigenvalue weighted by Gasteiger charge is 2.10. The first-order valence-electron chi connectivity index (χ1n) is 5.36. The minimum atomic E-state index is 0.135. The van der Waals surface area contributed by atoms with Crippen molar-refractivity contribution in [2.24, 2.45) is 0 Å². The van der Waals surface area contributed by atoms with Crippen molar-refractivity contribution in [1.82, 2.24) is 5.32 Å². The first kappa shape index (κ1) is 12.5. The first-order chi connectivity index (χ1) is 8.16. The maximum Gasteiger partial charge on any atom is 0.0947 e. The molecule has 1 aromatic carbocycles. The van der Waals surface area contributed by atoms with E-state index in [9.17, 15) is 0 Å². The second kappa shape index (κ2) is 5.58. The Hall–Kier alpha value is -0.960. The van der Waals surface area contributed by atoms with Gasteiger partial charge in [-0.3, -0.25) is 0 Å². The van der Waals surface area contributed by atoms with Crippen LogP contribution in [-0.2, 0) is 6.54 Å². The highest BCUT2D eigenvalue weighted by Crippen LogP contribution is 2.26. The molecular weight excluding hydrogens is 257 g/mol. The van der Waals surface area contributed by atoms with Gasteiger partial charge in [-0.05, 0) is 36.8 Å². The second-order valence-corrected chi connectivity index (χ2v) is 4.74. The molecule has 1 atom stereocenters. The van der Waals surface area contributed by atoms with Crippen LogP contribution in [0.4, 0.5) is 0 Å². The molecule has 0 saturated heterocycles. The predicted molar refractivity (Wildman–Crippen MR) is 70.4 cm³/mol. The topological polar surface area (TPSA) is 25.2 Å². The smallest absolute Gasteiger partial charge is 0.0947 e. The van der Waals surface area contributed by atoms with Crippen LogP contribution in [0.15, 0.2) is 41.2 Å². The van der Waals surface area contributed by atoms with Gasteiger partial charge in [0.2, 0.25) is 0 Å². The summed E-state index contributed by atoms with van der Waals surface area (Å²) < 4.78 is 5.01. The summed E-state index contributed by atoms with van der Waals surface area (Å²) in [4.78, 5) is 0. The largest absolute Gasteiger partial charge is 0.472 e. The Labute approximate surface area is 111 Å². The van der Waals surface area contributed by atoms with E-state index in [4.69, 9.17) is 27.6 Å². The van der Waals surface area contributed by atoms with Crippen LogP contribution in [0.1, 0.15) is 24.1 Å². The van der Waals surface area contributed by atoms with Gasteiger partial charge in [0.1, 0.15) is 0 Å². The van der Waals surface area contributed by atoms with Crippen molar-refractivity contribution in [3.63, 3.8) is 0 Å². The summed E-state index contributed by atoms with van der Waals surface area (Å²) in [5.41, 5.74) is 2.11. The molecule has 0 aliphatic heterocycles. The van der Waals surface area contributed by atoms with Gasteiger partial charge < -0.3 is 9.73 Å². The van der Waals surface area contributed by atoms with Crippen molar-refractivity contribution in [1.29, 1.82) is 0 Å². The minimum Gasteiger partial charge on any atom is -0.472 e. The third-order valence-electron chi connectivity index (χ3n) is 2.62. The van der Waals surface area contributed by atoms with Crippen molar-refractivity contribution in [3.05, 3.63) is 58.0 Å². The summed E-state index contributed by atoms with van der Waals surface area (Å²) >= 11 is 12.1. The van der Waals surface area contributed by atoms with Crippen molar-refractivity contribution >= 4 is 23.2 Å². The Morgan fingerprint density at radius 1 is 1.29 bits per heavy atom. The standard InChI is InChI=1S/C13H13Cl2NO/c1-9(16-7-10-4-5-17-8-10)12-6-11(14)2-3-13(12)15/h2-6,8-9,16H,7H2,1H3. The van der Waals surface area contributed by atoms with E-state index in [-0.39, 0.29) is 6.04 Å². The van der Waals surface area contributed by atoms with E-state index < -0.39 is 0 Å². The quantitative estimate of drug-likeness (QED) is 0.888. The van der Waals surface area contributed by atoms with Crippen LogP contribution in [0.5, 0.6) is 0 Å². The third kappa shape index (κ3) is 3.25. The van der Waals surface area contributed by atoms with Crippen LogP contribution in [0.25, 0.3) is 0 Å². The van der Waals surface area contributed by atoms with Crippen molar-refractivity contribution in [2.45, 2.75) is 19.5 Å². The fraction of sp³-hybridized carbons (Fsp3) is 0.231. The van der Waals surface area contributed by atoms with Crippen LogP contribution in [-0.4, -0.2) is 0 Å². The Bertz CT molecular complexity index is 482. The SMILES string of the molecule is CC(NCc1ccoc1)c1cc(Cl)ccc1Cl. The second-order valence-electron chi connectivity index (χ2n) is 3.90. The number of halogens is 2. The summed E-state index contributed by atoms with van der Waals surface area (Å²) in [6.07, 6.45) is 3.38. The molecule has 1 unspecified atom stereocenters. The molecule has 1 heterocycles. The van der Waals surface area contributed by atoms with Crippen LogP contribution < -0.4 is 5.32 Å². The third-order valence-corrected chi connectivity index (χ3v) is 3.20. The van der Waals surface area contributed by atoms with Crippen LogP contribution in [0.3, 0.4) is 0 Å². The Kier molecular flexibility index (Phi) is 4.11. The molecular formula is C13H13Cl2NO. The lowest BCUT2D eigenvalue weighted by molar-refractivity contribution is 0.547. The van der Waals surface area contributed by atoms with Gasteiger partial charge in [-0.2, -0.15) is 0 Å². The highest BCUT2D eigenvalue weighted by molar-refractivity contribution is 6.33. The van der Waals surface area contributed by atoms with E-state index in [1.165, 1.54) is 0 Å². The van der Waals surface area contributed by atoms with E-state index in [1.807, 2.05) is 18.2 Å². The normalized spacial score (nSPS) is 12.6. The maximum atomic E-state index is 6.13. The molecule has 90 valence electrons. The summed E-state index contributed by atoms with van der Waals surface area (Å²) in [7, 11) is 0. The zero-order chi connectivity index (χ0) is 12.3. The molecule has 2 nitrogen and oxygen atoms in total. The number of benzene rings is 1. The highest BCUT2D eigenvalue weighted by atomic mass is 35.5. The van der Waals surface area contributed by atoms with E-state index in [0.29, 0.717) is 5.02 Å². The number of rotatable bonds is 4. The van der Waals surface area contributed by atoms with Crippen LogP contribution in [0.2, 0.25) is 10.0 Å². The van der Waals surface area contributed by atoms with E-state index >= 15 is 0 Å². The maximum absolute atomic E-state index is 6.13. The lowest BCUT2D eigenvalue weighted by Gasteiger charge is -2.15. The fourth-order valence-electron chi connectivity index (χ4n) is 1.62. The van der Waals surface area contributed by atoms with E-state index in [1.54, 1.807) is 18.6 Å². The van der Waals surface area contributed by atoms with Crippen molar-refractivity contribution < 1.29 is 4.42 Å². The van der Waals surface area contributed by atoms with E-state index in [2.05, 4.69) is 12.2 Å². The molecule has 0 aliphatic carbocycles. The number of nitrogens with one attached hydrogen (secondary N) is 1. The predicted octanol–water partition coefficient (Wildman–Crippen LogP) is 4.44. The molecule has 1 aromatic heterocycles. The lowest BCUT2D eigenvalue weighted by atomic mass is 10.1. The van der Waals surface area contributed by atoms with Crippen molar-refractivity contribution in [3.8, 4) is 0 Å². The number of furan rings is 1. The molecule has 1 N–H and O–H groups in total. The van der Waals surface area contributed by atoms with Gasteiger partial charge in [-0.1, -0.05) is 23.2 Å². The monoisotopic (exact) mass is 269 g/mol. The number of hydrogen-bond donors (Lipinski definition) is 1. The Morgan fingerprint density at radius 3 is 2.82 bits per heavy atom. The molecule has 17 heavy (non-hydrogen) atoms. The molecule has 0 radical (unpaired) electrons. The van der Waals surface area contributed by atoms with Crippen molar-refractivity contribution in [2.75, 3.05) is 0 Å². The van der Waals surface area contributed by atoms with Crippen LogP contribution in [0, 0.1) is 0 Å². The van der Waals surface area contributed by atoms with Gasteiger partial charge in [-0.25, -0.2) is 0 Å². The molecule has 2 rings (SSSR count). The molecule has 2 aromatic rings. The van der Waals surface area contributed by atoms with Gasteiger partial charge in [0.25, 0.3) is 0 Å². The molecule has 0 spiro atoms. The molecule has 0 saturated carbocycles. The van der Waals surface area contributed by atoms with Gasteiger partial charge >= 0.3 is 0 Å². The molecule has 0 amide bonds. The summed E-state index contributed by atoms with van der Waals surface area (Å²) in [6, 6.07) is 7.55. The molecule has 0 fully saturated rings. The van der Waals surface area contributed by atoms with Gasteiger partial charge in [0, 0.05) is 28.2 Å². The van der Waals surface area contributed by atoms with Gasteiger partial charge in [0.05, 0.1) is 12.5 Å². The van der Waals surface area contributed by atoms with Gasteiger partial charge in [0.15, 0.2) is 0 Å². The number of hydrogen-bond acceptors (Lipinski definition) is 2.